The van der Waals surface area contributed by atoms with Crippen molar-refractivity contribution >= 4 is 38.6 Å². The number of nitrogens with zero attached hydrogens (tertiary/aromatic N) is 4. The van der Waals surface area contributed by atoms with Gasteiger partial charge in [-0.15, -0.1) is 0 Å². The molecule has 3 heterocycles. The molecule has 1 saturated heterocycles. The zero-order valence-electron chi connectivity index (χ0n) is 16.9. The zero-order valence-corrected chi connectivity index (χ0v) is 17.7. The number of fused-ring (bicyclic) bond motifs is 1. The number of para-hydroxylation sites is 1. The highest BCUT2D eigenvalue weighted by molar-refractivity contribution is 7.22. The smallest absolute Gasteiger partial charge is 0.308 e. The summed E-state index contributed by atoms with van der Waals surface area (Å²) in [5.74, 6) is -0.279. The molecule has 30 heavy (non-hydrogen) atoms. The fourth-order valence-electron chi connectivity index (χ4n) is 3.73. The topological polar surface area (TPSA) is 111 Å². The third kappa shape index (κ3) is 4.25. The van der Waals surface area contributed by atoms with E-state index >= 15 is 0 Å². The van der Waals surface area contributed by atoms with Crippen molar-refractivity contribution in [1.82, 2.24) is 15.0 Å². The van der Waals surface area contributed by atoms with E-state index in [1.807, 2.05) is 18.2 Å². The Balaban J connectivity index is 1.44. The predicted octanol–water partition coefficient (Wildman–Crippen LogP) is 2.88. The molecule has 2 aromatic heterocycles. The van der Waals surface area contributed by atoms with Crippen LogP contribution >= 0.6 is 11.3 Å². The maximum absolute atomic E-state index is 11.8. The summed E-state index contributed by atoms with van der Waals surface area (Å²) in [6.45, 7) is 4.78. The first-order valence-electron chi connectivity index (χ1n) is 9.87. The molecule has 0 spiro atoms. The molecule has 1 amide bonds. The second-order valence-corrected chi connectivity index (χ2v) is 8.47. The number of carbonyl (C=O) groups excluding carboxylic acids is 2. The Kier molecular flexibility index (Phi) is 5.63. The average molecular weight is 426 g/mol. The van der Waals surface area contributed by atoms with E-state index in [0.717, 1.165) is 36.6 Å². The molecule has 4 rings (SSSR count). The molecule has 0 aliphatic carbocycles. The van der Waals surface area contributed by atoms with Gasteiger partial charge in [-0.05, 0) is 37.8 Å². The molecule has 0 unspecified atom stereocenters. The van der Waals surface area contributed by atoms with Gasteiger partial charge in [0, 0.05) is 26.4 Å². The Labute approximate surface area is 178 Å². The van der Waals surface area contributed by atoms with Crippen molar-refractivity contribution in [2.24, 2.45) is 11.7 Å². The maximum atomic E-state index is 11.8. The second kappa shape index (κ2) is 8.35. The molecule has 1 aliphatic rings. The molecule has 0 bridgehead atoms. The number of esters is 1. The van der Waals surface area contributed by atoms with Crippen LogP contribution in [0.5, 0.6) is 5.75 Å². The Morgan fingerprint density at radius 3 is 2.60 bits per heavy atom. The van der Waals surface area contributed by atoms with E-state index < -0.39 is 11.9 Å². The molecule has 1 fully saturated rings. The van der Waals surface area contributed by atoms with Crippen LogP contribution in [0.15, 0.2) is 24.3 Å². The summed E-state index contributed by atoms with van der Waals surface area (Å²) in [7, 11) is 0. The lowest BCUT2D eigenvalue weighted by molar-refractivity contribution is -0.132. The summed E-state index contributed by atoms with van der Waals surface area (Å²) in [4.78, 5) is 38.9. The molecular formula is C21H23N5O3S. The molecule has 9 heteroatoms. The van der Waals surface area contributed by atoms with Crippen molar-refractivity contribution in [3.8, 4) is 5.75 Å². The second-order valence-electron chi connectivity index (χ2n) is 7.46. The number of primary amides is 1. The molecule has 8 nitrogen and oxygen atoms in total. The van der Waals surface area contributed by atoms with Crippen molar-refractivity contribution in [3.63, 3.8) is 0 Å². The Hall–Kier alpha value is -3.07. The first kappa shape index (κ1) is 20.2. The lowest BCUT2D eigenvalue weighted by Gasteiger charge is -2.31. The van der Waals surface area contributed by atoms with Gasteiger partial charge < -0.3 is 15.4 Å². The molecule has 1 aromatic carbocycles. The molecule has 1 aliphatic heterocycles. The van der Waals surface area contributed by atoms with Crippen molar-refractivity contribution in [3.05, 3.63) is 41.5 Å². The van der Waals surface area contributed by atoms with Gasteiger partial charge in [0.25, 0.3) is 5.91 Å². The van der Waals surface area contributed by atoms with E-state index in [1.165, 1.54) is 11.6 Å². The fraction of sp³-hybridized carbons (Fsp3) is 0.381. The first-order valence-corrected chi connectivity index (χ1v) is 10.7. The number of aromatic nitrogens is 3. The number of amides is 1. The van der Waals surface area contributed by atoms with Crippen molar-refractivity contribution < 1.29 is 14.3 Å². The SMILES string of the molecule is CC(=O)Oc1c(C)nc(CC2CCN(c3nc4ccccc4s3)CC2)nc1C(N)=O. The van der Waals surface area contributed by atoms with Gasteiger partial charge in [0.2, 0.25) is 0 Å². The van der Waals surface area contributed by atoms with E-state index in [0.29, 0.717) is 23.9 Å². The van der Waals surface area contributed by atoms with E-state index in [4.69, 9.17) is 15.5 Å². The zero-order chi connectivity index (χ0) is 21.3. The van der Waals surface area contributed by atoms with E-state index in [1.54, 1.807) is 18.3 Å². The number of hydrogen-bond donors (Lipinski definition) is 1. The summed E-state index contributed by atoms with van der Waals surface area (Å²) in [5, 5.41) is 1.06. The summed E-state index contributed by atoms with van der Waals surface area (Å²) >= 11 is 1.72. The summed E-state index contributed by atoms with van der Waals surface area (Å²) < 4.78 is 6.29. The first-order chi connectivity index (χ1) is 14.4. The van der Waals surface area contributed by atoms with Gasteiger partial charge >= 0.3 is 5.97 Å². The summed E-state index contributed by atoms with van der Waals surface area (Å²) in [6, 6.07) is 8.18. The molecule has 0 radical (unpaired) electrons. The number of rotatable bonds is 5. The van der Waals surface area contributed by atoms with Gasteiger partial charge in [-0.2, -0.15) is 0 Å². The van der Waals surface area contributed by atoms with Crippen LogP contribution in [0, 0.1) is 12.8 Å². The van der Waals surface area contributed by atoms with E-state index in [-0.39, 0.29) is 11.4 Å². The van der Waals surface area contributed by atoms with E-state index in [9.17, 15) is 9.59 Å². The average Bonchev–Trinajstić information content (AvgIpc) is 3.14. The highest BCUT2D eigenvalue weighted by atomic mass is 32.1. The van der Waals surface area contributed by atoms with E-state index in [2.05, 4.69) is 20.9 Å². The number of piperidine rings is 1. The number of benzene rings is 1. The highest BCUT2D eigenvalue weighted by Crippen LogP contribution is 2.32. The fourth-order valence-corrected chi connectivity index (χ4v) is 4.74. The van der Waals surface area contributed by atoms with Crippen LogP contribution in [-0.2, 0) is 11.2 Å². The number of thiazole rings is 1. The summed E-state index contributed by atoms with van der Waals surface area (Å²) in [6.07, 6.45) is 2.61. The Morgan fingerprint density at radius 2 is 1.93 bits per heavy atom. The van der Waals surface area contributed by atoms with Gasteiger partial charge in [0.05, 0.1) is 15.9 Å². The molecule has 3 aromatic rings. The minimum absolute atomic E-state index is 0.0420. The number of hydrogen-bond acceptors (Lipinski definition) is 8. The van der Waals surface area contributed by atoms with Crippen LogP contribution in [0.25, 0.3) is 10.2 Å². The minimum atomic E-state index is -0.733. The van der Waals surface area contributed by atoms with Crippen LogP contribution in [0.4, 0.5) is 5.13 Å². The van der Waals surface area contributed by atoms with Crippen molar-refractivity contribution in [2.75, 3.05) is 18.0 Å². The lowest BCUT2D eigenvalue weighted by Crippen LogP contribution is -2.34. The molecule has 0 atom stereocenters. The predicted molar refractivity (Wildman–Crippen MR) is 115 cm³/mol. The highest BCUT2D eigenvalue weighted by Gasteiger charge is 2.25. The Morgan fingerprint density at radius 1 is 1.20 bits per heavy atom. The molecule has 2 N–H and O–H groups in total. The van der Waals surface area contributed by atoms with Crippen LogP contribution in [-0.4, -0.2) is 39.9 Å². The quantitative estimate of drug-likeness (QED) is 0.626. The summed E-state index contributed by atoms with van der Waals surface area (Å²) in [5.41, 5.74) is 6.88. The van der Waals surface area contributed by atoms with Gasteiger partial charge in [0.1, 0.15) is 5.82 Å². The third-order valence-electron chi connectivity index (χ3n) is 5.20. The normalized spacial score (nSPS) is 14.8. The van der Waals surface area contributed by atoms with Crippen LogP contribution in [0.2, 0.25) is 0 Å². The molecule has 156 valence electrons. The van der Waals surface area contributed by atoms with Crippen molar-refractivity contribution in [1.29, 1.82) is 0 Å². The molecule has 0 saturated carbocycles. The number of nitrogens with two attached hydrogens (primary N) is 1. The number of ether oxygens (including phenoxy) is 1. The minimum Gasteiger partial charge on any atom is -0.422 e. The van der Waals surface area contributed by atoms with Crippen LogP contribution < -0.4 is 15.4 Å². The molecular weight excluding hydrogens is 402 g/mol. The number of anilines is 1. The number of carbonyl (C=O) groups is 2. The van der Waals surface area contributed by atoms with Crippen molar-refractivity contribution in [2.45, 2.75) is 33.1 Å². The lowest BCUT2D eigenvalue weighted by atomic mass is 9.93. The Bertz CT molecular complexity index is 1070. The van der Waals surface area contributed by atoms with Crippen LogP contribution in [0.1, 0.15) is 41.8 Å². The van der Waals surface area contributed by atoms with Gasteiger partial charge in [-0.3, -0.25) is 9.59 Å². The van der Waals surface area contributed by atoms with Gasteiger partial charge in [-0.1, -0.05) is 23.5 Å². The third-order valence-corrected chi connectivity index (χ3v) is 6.30. The standard InChI is InChI=1S/C21H23N5O3S/c1-12-19(29-13(2)27)18(20(22)28)25-17(23-12)11-14-7-9-26(10-8-14)21-24-15-5-3-4-6-16(15)30-21/h3-6,14H,7-11H2,1-2H3,(H2,22,28). The van der Waals surface area contributed by atoms with Gasteiger partial charge in [-0.25, -0.2) is 15.0 Å². The van der Waals surface area contributed by atoms with Crippen LogP contribution in [0.3, 0.4) is 0 Å². The maximum Gasteiger partial charge on any atom is 0.308 e. The number of aryl methyl sites for hydroxylation is 1. The largest absolute Gasteiger partial charge is 0.422 e. The monoisotopic (exact) mass is 425 g/mol. The van der Waals surface area contributed by atoms with Gasteiger partial charge in [0.15, 0.2) is 16.6 Å².